The molecule has 7 heteroatoms. The van der Waals surface area contributed by atoms with Crippen molar-refractivity contribution in [3.05, 3.63) is 64.5 Å². The number of hydrogen-bond acceptors (Lipinski definition) is 3. The maximum atomic E-state index is 14.1. The van der Waals surface area contributed by atoms with Gasteiger partial charge in [0.25, 0.3) is 11.8 Å². The molecule has 1 atom stereocenters. The zero-order chi connectivity index (χ0) is 24.1. The number of benzene rings is 2. The molecule has 0 fully saturated rings. The average molecular weight is 440 g/mol. The quantitative estimate of drug-likeness (QED) is 0.510. The van der Waals surface area contributed by atoms with Crippen LogP contribution in [0.1, 0.15) is 79.3 Å². The third-order valence-electron chi connectivity index (χ3n) is 5.74. The zero-order valence-electron chi connectivity index (χ0n) is 20.0. The Kier molecular flexibility index (Phi) is 8.62. The van der Waals surface area contributed by atoms with Crippen LogP contribution in [0.2, 0.25) is 0 Å². The Morgan fingerprint density at radius 1 is 1.19 bits per heavy atom. The van der Waals surface area contributed by atoms with Crippen molar-refractivity contribution in [1.29, 1.82) is 0 Å². The SMILES string of the molecule is CCCc1cccc(C(=O)NN(C(=O)c2cc(F)cc(BO)c2)C(CC)C(C)(C)C)c1C. The maximum Gasteiger partial charge on any atom is 0.304 e. The molecule has 2 N–H and O–H groups in total. The lowest BCUT2D eigenvalue weighted by Crippen LogP contribution is -2.56. The summed E-state index contributed by atoms with van der Waals surface area (Å²) in [7, 11) is -0.385. The smallest absolute Gasteiger partial charge is 0.304 e. The number of halogens is 1. The van der Waals surface area contributed by atoms with Gasteiger partial charge in [0.1, 0.15) is 5.82 Å². The Balaban J connectivity index is 2.49. The van der Waals surface area contributed by atoms with Crippen molar-refractivity contribution < 1.29 is 19.0 Å². The number of nitrogens with one attached hydrogen (secondary N) is 1. The van der Waals surface area contributed by atoms with Crippen molar-refractivity contribution >= 4 is 24.8 Å². The van der Waals surface area contributed by atoms with E-state index in [0.717, 1.165) is 30.0 Å². The largest absolute Gasteiger partial charge is 0.449 e. The first-order chi connectivity index (χ1) is 15.0. The van der Waals surface area contributed by atoms with Crippen LogP contribution in [0.15, 0.2) is 36.4 Å². The molecule has 172 valence electrons. The number of amides is 2. The van der Waals surface area contributed by atoms with Crippen molar-refractivity contribution in [3.8, 4) is 0 Å². The first-order valence-corrected chi connectivity index (χ1v) is 11.2. The van der Waals surface area contributed by atoms with E-state index in [9.17, 15) is 19.0 Å². The number of hydrogen-bond donors (Lipinski definition) is 2. The second-order valence-corrected chi connectivity index (χ2v) is 9.25. The molecule has 0 saturated heterocycles. The fourth-order valence-corrected chi connectivity index (χ4v) is 4.10. The third-order valence-corrected chi connectivity index (χ3v) is 5.74. The summed E-state index contributed by atoms with van der Waals surface area (Å²) in [6, 6.07) is 9.03. The molecular weight excluding hydrogens is 406 g/mol. The van der Waals surface area contributed by atoms with Crippen LogP contribution in [0.4, 0.5) is 4.39 Å². The number of carbonyl (C=O) groups is 2. The van der Waals surface area contributed by atoms with Gasteiger partial charge in [0, 0.05) is 11.1 Å². The molecule has 0 spiro atoms. The molecule has 0 aliphatic heterocycles. The van der Waals surface area contributed by atoms with Crippen LogP contribution < -0.4 is 10.9 Å². The van der Waals surface area contributed by atoms with Gasteiger partial charge in [-0.2, -0.15) is 0 Å². The van der Waals surface area contributed by atoms with E-state index in [4.69, 9.17) is 0 Å². The monoisotopic (exact) mass is 440 g/mol. The summed E-state index contributed by atoms with van der Waals surface area (Å²) in [5, 5.41) is 10.7. The van der Waals surface area contributed by atoms with Gasteiger partial charge in [-0.05, 0) is 60.0 Å². The second kappa shape index (κ2) is 10.8. The zero-order valence-corrected chi connectivity index (χ0v) is 20.0. The van der Waals surface area contributed by atoms with E-state index in [2.05, 4.69) is 12.3 Å². The molecule has 0 heterocycles. The van der Waals surface area contributed by atoms with Crippen LogP contribution in [0.3, 0.4) is 0 Å². The van der Waals surface area contributed by atoms with E-state index >= 15 is 0 Å². The van der Waals surface area contributed by atoms with Crippen molar-refractivity contribution in [2.75, 3.05) is 0 Å². The summed E-state index contributed by atoms with van der Waals surface area (Å²) in [5.74, 6) is -1.51. The third kappa shape index (κ3) is 5.97. The summed E-state index contributed by atoms with van der Waals surface area (Å²) in [6.45, 7) is 11.9. The molecule has 0 aliphatic rings. The summed E-state index contributed by atoms with van der Waals surface area (Å²) in [6.07, 6.45) is 2.42. The maximum absolute atomic E-state index is 14.1. The summed E-state index contributed by atoms with van der Waals surface area (Å²) < 4.78 is 14.1. The molecule has 0 aromatic heterocycles. The highest BCUT2D eigenvalue weighted by Crippen LogP contribution is 2.27. The van der Waals surface area contributed by atoms with Gasteiger partial charge in [0.15, 0.2) is 0 Å². The molecule has 2 aromatic carbocycles. The Morgan fingerprint density at radius 3 is 2.44 bits per heavy atom. The van der Waals surface area contributed by atoms with Gasteiger partial charge in [0.05, 0.1) is 6.04 Å². The second-order valence-electron chi connectivity index (χ2n) is 9.25. The number of hydrazine groups is 1. The first-order valence-electron chi connectivity index (χ1n) is 11.2. The van der Waals surface area contributed by atoms with Crippen molar-refractivity contribution in [2.45, 2.75) is 66.8 Å². The van der Waals surface area contributed by atoms with E-state index in [-0.39, 0.29) is 30.4 Å². The first kappa shape index (κ1) is 25.6. The predicted molar refractivity (Wildman–Crippen MR) is 128 cm³/mol. The molecule has 2 amide bonds. The van der Waals surface area contributed by atoms with Crippen LogP contribution in [0, 0.1) is 18.2 Å². The minimum atomic E-state index is -0.613. The molecule has 0 saturated carbocycles. The Hall–Kier alpha value is -2.67. The minimum Gasteiger partial charge on any atom is -0.449 e. The van der Waals surface area contributed by atoms with Gasteiger partial charge < -0.3 is 5.02 Å². The van der Waals surface area contributed by atoms with Gasteiger partial charge in [-0.1, -0.05) is 59.2 Å². The fraction of sp³-hybridized carbons (Fsp3) is 0.440. The number of nitrogens with zero attached hydrogens (tertiary/aromatic N) is 1. The Morgan fingerprint density at radius 2 is 1.88 bits per heavy atom. The summed E-state index contributed by atoms with van der Waals surface area (Å²) in [4.78, 5) is 26.8. The summed E-state index contributed by atoms with van der Waals surface area (Å²) >= 11 is 0. The van der Waals surface area contributed by atoms with Gasteiger partial charge in [-0.25, -0.2) is 9.40 Å². The van der Waals surface area contributed by atoms with Crippen molar-refractivity contribution in [1.82, 2.24) is 10.4 Å². The fourth-order valence-electron chi connectivity index (χ4n) is 4.10. The van der Waals surface area contributed by atoms with Gasteiger partial charge in [-0.3, -0.25) is 15.0 Å². The van der Waals surface area contributed by atoms with Crippen LogP contribution in [0.25, 0.3) is 0 Å². The number of rotatable bonds is 7. The molecule has 2 aromatic rings. The highest BCUT2D eigenvalue weighted by molar-refractivity contribution is 6.45. The Bertz CT molecular complexity index is 972. The van der Waals surface area contributed by atoms with Crippen LogP contribution >= 0.6 is 0 Å². The van der Waals surface area contributed by atoms with E-state index in [1.165, 1.54) is 17.1 Å². The number of aryl methyl sites for hydroxylation is 1. The number of carbonyl (C=O) groups excluding carboxylic acids is 2. The lowest BCUT2D eigenvalue weighted by molar-refractivity contribution is 0.0284. The Labute approximate surface area is 191 Å². The molecular formula is C25H34BFN2O3. The van der Waals surface area contributed by atoms with E-state index < -0.39 is 11.7 Å². The molecule has 1 unspecified atom stereocenters. The highest BCUT2D eigenvalue weighted by Gasteiger charge is 2.34. The van der Waals surface area contributed by atoms with Crippen molar-refractivity contribution in [2.24, 2.45) is 5.41 Å². The van der Waals surface area contributed by atoms with Gasteiger partial charge in [0.2, 0.25) is 0 Å². The molecule has 0 radical (unpaired) electrons. The minimum absolute atomic E-state index is 0.0773. The molecule has 5 nitrogen and oxygen atoms in total. The van der Waals surface area contributed by atoms with Gasteiger partial charge in [-0.15, -0.1) is 0 Å². The average Bonchev–Trinajstić information content (AvgIpc) is 2.73. The lowest BCUT2D eigenvalue weighted by atomic mass is 9.84. The van der Waals surface area contributed by atoms with Gasteiger partial charge >= 0.3 is 7.48 Å². The predicted octanol–water partition coefficient (Wildman–Crippen LogP) is 3.67. The normalized spacial score (nSPS) is 12.2. The van der Waals surface area contributed by atoms with Crippen LogP contribution in [0.5, 0.6) is 0 Å². The van der Waals surface area contributed by atoms with E-state index in [1.807, 2.05) is 46.8 Å². The van der Waals surface area contributed by atoms with Crippen LogP contribution in [-0.2, 0) is 6.42 Å². The standard InChI is InChI=1S/C25H34BFN2O3/c1-7-10-17-11-9-12-21(16(17)3)23(30)28-29(22(8-2)25(4,5)6)24(31)18-13-19(26-32)15-20(27)14-18/h9,11-15,22,26,32H,7-8,10H2,1-6H3,(H,28,30). The van der Waals surface area contributed by atoms with E-state index in [1.54, 1.807) is 6.07 Å². The molecule has 32 heavy (non-hydrogen) atoms. The lowest BCUT2D eigenvalue weighted by Gasteiger charge is -2.39. The molecule has 2 rings (SSSR count). The van der Waals surface area contributed by atoms with Crippen molar-refractivity contribution in [3.63, 3.8) is 0 Å². The highest BCUT2D eigenvalue weighted by atomic mass is 19.1. The van der Waals surface area contributed by atoms with E-state index in [0.29, 0.717) is 17.4 Å². The molecule has 0 bridgehead atoms. The molecule has 0 aliphatic carbocycles. The summed E-state index contributed by atoms with van der Waals surface area (Å²) in [5.41, 5.74) is 5.34. The van der Waals surface area contributed by atoms with Crippen LogP contribution in [-0.4, -0.2) is 35.4 Å². The topological polar surface area (TPSA) is 69.6 Å².